The molecular formula is C10H16N2O4S2. The van der Waals surface area contributed by atoms with Crippen LogP contribution in [-0.2, 0) is 14.8 Å². The number of nitrogens with two attached hydrogens (primary N) is 1. The predicted octanol–water partition coefficient (Wildman–Crippen LogP) is 0.502. The maximum Gasteiger partial charge on any atom is 0.349 e. The molecule has 0 saturated heterocycles. The Hall–Kier alpha value is -0.960. The van der Waals surface area contributed by atoms with E-state index in [1.807, 2.05) is 0 Å². The quantitative estimate of drug-likeness (QED) is 0.798. The first-order chi connectivity index (χ1) is 8.36. The average molecular weight is 292 g/mol. The van der Waals surface area contributed by atoms with Crippen LogP contribution in [0.4, 0.5) is 0 Å². The molecule has 0 aliphatic heterocycles. The standard InChI is InChI=1S/C10H16N2O4S2/c1-7(6-11)12(2)18(14,15)8-4-5-17-9(8)10(13)16-3/h4-5,7H,6,11H2,1-3H3. The van der Waals surface area contributed by atoms with Crippen molar-refractivity contribution in [3.63, 3.8) is 0 Å². The zero-order valence-electron chi connectivity index (χ0n) is 10.4. The van der Waals surface area contributed by atoms with E-state index in [4.69, 9.17) is 5.73 Å². The molecule has 0 saturated carbocycles. The summed E-state index contributed by atoms with van der Waals surface area (Å²) < 4.78 is 30.3. The van der Waals surface area contributed by atoms with Gasteiger partial charge in [0.1, 0.15) is 9.77 Å². The number of likely N-dealkylation sites (N-methyl/N-ethyl adjacent to an activating group) is 1. The summed E-state index contributed by atoms with van der Waals surface area (Å²) >= 11 is 1.03. The number of ether oxygens (including phenoxy) is 1. The molecule has 0 bridgehead atoms. The Labute approximate surface area is 110 Å². The molecule has 0 amide bonds. The molecule has 8 heteroatoms. The Morgan fingerprint density at radius 3 is 2.72 bits per heavy atom. The molecule has 0 aliphatic carbocycles. The summed E-state index contributed by atoms with van der Waals surface area (Å²) in [6, 6.07) is 1.05. The minimum absolute atomic E-state index is 0.0397. The van der Waals surface area contributed by atoms with Crippen molar-refractivity contribution >= 4 is 27.3 Å². The number of hydrogen-bond acceptors (Lipinski definition) is 6. The van der Waals surface area contributed by atoms with Crippen LogP contribution in [0.5, 0.6) is 0 Å². The van der Waals surface area contributed by atoms with E-state index in [-0.39, 0.29) is 22.4 Å². The molecule has 102 valence electrons. The first-order valence-corrected chi connectivity index (χ1v) is 7.52. The summed E-state index contributed by atoms with van der Waals surface area (Å²) in [5, 5.41) is 1.54. The van der Waals surface area contributed by atoms with Gasteiger partial charge >= 0.3 is 5.97 Å². The highest BCUT2D eigenvalue weighted by Crippen LogP contribution is 2.26. The van der Waals surface area contributed by atoms with Crippen LogP contribution in [0.25, 0.3) is 0 Å². The molecule has 0 fully saturated rings. The number of carbonyl (C=O) groups is 1. The third kappa shape index (κ3) is 2.72. The molecule has 0 aromatic carbocycles. The summed E-state index contributed by atoms with van der Waals surface area (Å²) in [6.45, 7) is 1.90. The molecule has 1 rings (SSSR count). The number of rotatable bonds is 5. The van der Waals surface area contributed by atoms with Gasteiger partial charge in [-0.1, -0.05) is 0 Å². The van der Waals surface area contributed by atoms with Crippen LogP contribution in [-0.4, -0.2) is 45.4 Å². The zero-order chi connectivity index (χ0) is 13.9. The smallest absolute Gasteiger partial charge is 0.349 e. The van der Waals surface area contributed by atoms with Crippen LogP contribution in [0.1, 0.15) is 16.6 Å². The lowest BCUT2D eigenvalue weighted by Crippen LogP contribution is -2.39. The van der Waals surface area contributed by atoms with E-state index in [9.17, 15) is 13.2 Å². The van der Waals surface area contributed by atoms with Crippen molar-refractivity contribution in [2.24, 2.45) is 5.73 Å². The topological polar surface area (TPSA) is 89.7 Å². The molecule has 0 spiro atoms. The number of thiophene rings is 1. The molecule has 18 heavy (non-hydrogen) atoms. The van der Waals surface area contributed by atoms with Gasteiger partial charge in [-0.15, -0.1) is 11.3 Å². The lowest BCUT2D eigenvalue weighted by Gasteiger charge is -2.22. The number of hydrogen-bond donors (Lipinski definition) is 1. The van der Waals surface area contributed by atoms with Crippen LogP contribution >= 0.6 is 11.3 Å². The monoisotopic (exact) mass is 292 g/mol. The summed E-state index contributed by atoms with van der Waals surface area (Å²) in [5.41, 5.74) is 5.45. The first-order valence-electron chi connectivity index (χ1n) is 5.20. The second-order valence-corrected chi connectivity index (χ2v) is 6.59. The fraction of sp³-hybridized carbons (Fsp3) is 0.500. The molecule has 1 aromatic rings. The van der Waals surface area contributed by atoms with Crippen LogP contribution in [0.15, 0.2) is 16.3 Å². The van der Waals surface area contributed by atoms with Crippen molar-refractivity contribution in [3.05, 3.63) is 16.3 Å². The largest absolute Gasteiger partial charge is 0.465 e. The Morgan fingerprint density at radius 2 is 2.22 bits per heavy atom. The Morgan fingerprint density at radius 1 is 1.61 bits per heavy atom. The SMILES string of the molecule is COC(=O)c1sccc1S(=O)(=O)N(C)C(C)CN. The minimum atomic E-state index is -3.73. The highest BCUT2D eigenvalue weighted by Gasteiger charge is 2.30. The van der Waals surface area contributed by atoms with E-state index < -0.39 is 16.0 Å². The summed E-state index contributed by atoms with van der Waals surface area (Å²) in [5.74, 6) is -0.655. The normalized spacial score (nSPS) is 13.6. The van der Waals surface area contributed by atoms with Crippen LogP contribution in [0.2, 0.25) is 0 Å². The second kappa shape index (κ2) is 5.79. The van der Waals surface area contributed by atoms with Gasteiger partial charge in [0.25, 0.3) is 0 Å². The maximum atomic E-state index is 12.3. The molecule has 0 aliphatic rings. The highest BCUT2D eigenvalue weighted by molar-refractivity contribution is 7.89. The van der Waals surface area contributed by atoms with E-state index in [0.717, 1.165) is 15.6 Å². The van der Waals surface area contributed by atoms with E-state index in [0.29, 0.717) is 0 Å². The molecule has 0 radical (unpaired) electrons. The van der Waals surface area contributed by atoms with E-state index >= 15 is 0 Å². The van der Waals surface area contributed by atoms with Gasteiger partial charge in [-0.2, -0.15) is 4.31 Å². The molecule has 6 nitrogen and oxygen atoms in total. The van der Waals surface area contributed by atoms with Crippen molar-refractivity contribution in [1.82, 2.24) is 4.31 Å². The van der Waals surface area contributed by atoms with Gasteiger partial charge in [-0.05, 0) is 18.4 Å². The van der Waals surface area contributed by atoms with Gasteiger partial charge in [0.2, 0.25) is 10.0 Å². The molecule has 2 N–H and O–H groups in total. The van der Waals surface area contributed by atoms with E-state index in [1.165, 1.54) is 20.2 Å². The van der Waals surface area contributed by atoms with Crippen molar-refractivity contribution in [3.8, 4) is 0 Å². The van der Waals surface area contributed by atoms with Crippen LogP contribution in [0.3, 0.4) is 0 Å². The Kier molecular flexibility index (Phi) is 4.85. The van der Waals surface area contributed by atoms with Crippen molar-refractivity contribution in [1.29, 1.82) is 0 Å². The number of methoxy groups -OCH3 is 1. The third-order valence-corrected chi connectivity index (χ3v) is 5.66. The Balaban J connectivity index is 3.22. The summed E-state index contributed by atoms with van der Waals surface area (Å²) in [6.07, 6.45) is 0. The molecular weight excluding hydrogens is 276 g/mol. The third-order valence-electron chi connectivity index (χ3n) is 2.62. The number of carbonyl (C=O) groups excluding carboxylic acids is 1. The average Bonchev–Trinajstić information content (AvgIpc) is 2.85. The van der Waals surface area contributed by atoms with E-state index in [1.54, 1.807) is 12.3 Å². The maximum absolute atomic E-state index is 12.3. The number of nitrogens with zero attached hydrogens (tertiary/aromatic N) is 1. The lowest BCUT2D eigenvalue weighted by atomic mass is 10.4. The van der Waals surface area contributed by atoms with Gasteiger partial charge in [-0.25, -0.2) is 13.2 Å². The van der Waals surface area contributed by atoms with Crippen molar-refractivity contribution in [2.75, 3.05) is 20.7 Å². The fourth-order valence-corrected chi connectivity index (χ4v) is 3.96. The number of esters is 1. The molecule has 1 unspecified atom stereocenters. The van der Waals surface area contributed by atoms with Gasteiger partial charge in [0, 0.05) is 19.6 Å². The molecule has 1 heterocycles. The van der Waals surface area contributed by atoms with Crippen LogP contribution < -0.4 is 5.73 Å². The fourth-order valence-electron chi connectivity index (χ4n) is 1.28. The lowest BCUT2D eigenvalue weighted by molar-refractivity contribution is 0.0602. The minimum Gasteiger partial charge on any atom is -0.465 e. The highest BCUT2D eigenvalue weighted by atomic mass is 32.2. The van der Waals surface area contributed by atoms with Crippen molar-refractivity contribution in [2.45, 2.75) is 17.9 Å². The van der Waals surface area contributed by atoms with Gasteiger partial charge in [0.05, 0.1) is 7.11 Å². The van der Waals surface area contributed by atoms with E-state index in [2.05, 4.69) is 4.74 Å². The summed E-state index contributed by atoms with van der Waals surface area (Å²) in [7, 11) is -1.08. The second-order valence-electron chi connectivity index (χ2n) is 3.71. The zero-order valence-corrected chi connectivity index (χ0v) is 12.0. The first kappa shape index (κ1) is 15.1. The molecule has 1 atom stereocenters. The Bertz CT molecular complexity index is 524. The summed E-state index contributed by atoms with van der Waals surface area (Å²) in [4.78, 5) is 11.5. The predicted molar refractivity (Wildman–Crippen MR) is 69.1 cm³/mol. The van der Waals surface area contributed by atoms with Gasteiger partial charge < -0.3 is 10.5 Å². The van der Waals surface area contributed by atoms with Gasteiger partial charge in [0.15, 0.2) is 0 Å². The van der Waals surface area contributed by atoms with Crippen molar-refractivity contribution < 1.29 is 17.9 Å². The molecule has 1 aromatic heterocycles. The van der Waals surface area contributed by atoms with Crippen LogP contribution in [0, 0.1) is 0 Å². The number of sulfonamides is 1. The van der Waals surface area contributed by atoms with Gasteiger partial charge in [-0.3, -0.25) is 0 Å².